The van der Waals surface area contributed by atoms with Gasteiger partial charge in [-0.3, -0.25) is 5.10 Å². The minimum Gasteiger partial charge on any atom is -0.367 e. The molecule has 0 saturated heterocycles. The van der Waals surface area contributed by atoms with E-state index in [0.29, 0.717) is 5.95 Å². The first-order chi connectivity index (χ1) is 5.56. The van der Waals surface area contributed by atoms with Crippen LogP contribution in [0.3, 0.4) is 0 Å². The molecule has 0 saturated carbocycles. The zero-order valence-corrected chi connectivity index (χ0v) is 6.39. The van der Waals surface area contributed by atoms with E-state index < -0.39 is 5.09 Å². The van der Waals surface area contributed by atoms with E-state index in [-0.39, 0.29) is 0 Å². The molecule has 0 fully saturated rings. The molecule has 68 valence electrons. The highest BCUT2D eigenvalue weighted by atomic mass is 16.9. The lowest BCUT2D eigenvalue weighted by molar-refractivity contribution is -0.742. The molecule has 12 heavy (non-hydrogen) atoms. The smallest absolute Gasteiger partial charge is 0.291 e. The summed E-state index contributed by atoms with van der Waals surface area (Å²) in [4.78, 5) is 12.2. The van der Waals surface area contributed by atoms with E-state index >= 15 is 0 Å². The van der Waals surface area contributed by atoms with E-state index in [9.17, 15) is 0 Å². The van der Waals surface area contributed by atoms with Crippen LogP contribution in [-0.4, -0.2) is 25.5 Å². The highest BCUT2D eigenvalue weighted by Crippen LogP contribution is 1.91. The molecule has 1 aromatic rings. The molecule has 0 radical (unpaired) electrons. The number of hydrogen-bond donors (Lipinski definition) is 3. The third kappa shape index (κ3) is 4.97. The van der Waals surface area contributed by atoms with Gasteiger partial charge in [0.1, 0.15) is 5.82 Å². The van der Waals surface area contributed by atoms with Gasteiger partial charge in [0.2, 0.25) is 5.95 Å². The number of nitrogens with zero attached hydrogens (tertiary/aromatic N) is 3. The van der Waals surface area contributed by atoms with Crippen molar-refractivity contribution in [2.24, 2.45) is 0 Å². The molecule has 0 unspecified atom stereocenters. The van der Waals surface area contributed by atoms with Crippen LogP contribution in [0.25, 0.3) is 0 Å². The highest BCUT2D eigenvalue weighted by Gasteiger charge is 1.92. The van der Waals surface area contributed by atoms with Crippen LogP contribution in [0.15, 0.2) is 0 Å². The molecule has 1 heterocycles. The van der Waals surface area contributed by atoms with Gasteiger partial charge >= 0.3 is 0 Å². The molecule has 8 nitrogen and oxygen atoms in total. The van der Waals surface area contributed by atoms with Crippen LogP contribution in [0.5, 0.6) is 0 Å². The molecule has 0 aliphatic rings. The molecule has 0 amide bonds. The SMILES string of the molecule is CCc1nc(N)n[nH]1.O=[N+]([O-])O. The minimum atomic E-state index is -1.50. The van der Waals surface area contributed by atoms with Crippen molar-refractivity contribution in [3.63, 3.8) is 0 Å². The molecule has 0 aromatic carbocycles. The van der Waals surface area contributed by atoms with Gasteiger partial charge in [0.25, 0.3) is 5.09 Å². The third-order valence-corrected chi connectivity index (χ3v) is 0.884. The van der Waals surface area contributed by atoms with Crippen molar-refractivity contribution in [1.82, 2.24) is 15.2 Å². The van der Waals surface area contributed by atoms with Crippen molar-refractivity contribution in [2.75, 3.05) is 5.73 Å². The Morgan fingerprint density at radius 1 is 1.83 bits per heavy atom. The van der Waals surface area contributed by atoms with Gasteiger partial charge < -0.3 is 10.9 Å². The molecule has 0 aliphatic heterocycles. The second kappa shape index (κ2) is 4.88. The third-order valence-electron chi connectivity index (χ3n) is 0.884. The molecule has 0 aliphatic carbocycles. The van der Waals surface area contributed by atoms with Gasteiger partial charge in [-0.15, -0.1) is 15.2 Å². The molecule has 0 atom stereocenters. The average Bonchev–Trinajstić information content (AvgIpc) is 2.34. The van der Waals surface area contributed by atoms with Gasteiger partial charge in [-0.2, -0.15) is 4.98 Å². The van der Waals surface area contributed by atoms with Gasteiger partial charge in [0, 0.05) is 6.42 Å². The standard InChI is InChI=1S/C4H8N4.HNO3/c1-2-3-6-4(5)8-7-3;2-1(3)4/h2H2,1H3,(H3,5,6,7,8);(H,2,3,4). The van der Waals surface area contributed by atoms with Crippen LogP contribution in [0.4, 0.5) is 5.95 Å². The number of nitrogens with one attached hydrogen (secondary N) is 1. The maximum absolute atomic E-state index is 8.36. The summed E-state index contributed by atoms with van der Waals surface area (Å²) >= 11 is 0. The first-order valence-corrected chi connectivity index (χ1v) is 3.06. The summed E-state index contributed by atoms with van der Waals surface area (Å²) in [5.74, 6) is 1.16. The van der Waals surface area contributed by atoms with Crippen molar-refractivity contribution in [2.45, 2.75) is 13.3 Å². The highest BCUT2D eigenvalue weighted by molar-refractivity contribution is 5.12. The van der Waals surface area contributed by atoms with Gasteiger partial charge in [-0.05, 0) is 0 Å². The molecule has 8 heteroatoms. The van der Waals surface area contributed by atoms with Gasteiger partial charge in [-0.25, -0.2) is 0 Å². The molecule has 0 bridgehead atoms. The topological polar surface area (TPSA) is 131 Å². The average molecular weight is 175 g/mol. The van der Waals surface area contributed by atoms with Crippen LogP contribution < -0.4 is 5.73 Å². The predicted molar refractivity (Wildman–Crippen MR) is 39.0 cm³/mol. The van der Waals surface area contributed by atoms with Gasteiger partial charge in [0.05, 0.1) is 0 Å². The lowest BCUT2D eigenvalue weighted by atomic mass is 10.5. The Morgan fingerprint density at radius 2 is 2.33 bits per heavy atom. The fraction of sp³-hybridized carbons (Fsp3) is 0.500. The summed E-state index contributed by atoms with van der Waals surface area (Å²) in [6.07, 6.45) is 0.851. The van der Waals surface area contributed by atoms with E-state index in [1.807, 2.05) is 6.92 Å². The van der Waals surface area contributed by atoms with E-state index in [0.717, 1.165) is 12.2 Å². The number of nitrogens with two attached hydrogens (primary N) is 1. The normalized spacial score (nSPS) is 8.42. The Balaban J connectivity index is 0.000000261. The largest absolute Gasteiger partial charge is 0.367 e. The minimum absolute atomic E-state index is 0.321. The zero-order chi connectivity index (χ0) is 9.56. The lowest BCUT2D eigenvalue weighted by Crippen LogP contribution is -1.85. The number of nitrogen functional groups attached to an aromatic ring is 1. The van der Waals surface area contributed by atoms with E-state index in [1.165, 1.54) is 0 Å². The molecular formula is C4H9N5O3. The number of rotatable bonds is 1. The molecule has 0 spiro atoms. The van der Waals surface area contributed by atoms with Crippen molar-refractivity contribution in [3.05, 3.63) is 15.9 Å². The first kappa shape index (κ1) is 10.1. The number of anilines is 1. The van der Waals surface area contributed by atoms with Crippen molar-refractivity contribution in [3.8, 4) is 0 Å². The Kier molecular flexibility index (Phi) is 4.12. The van der Waals surface area contributed by atoms with E-state index in [2.05, 4.69) is 15.2 Å². The van der Waals surface area contributed by atoms with Crippen LogP contribution >= 0.6 is 0 Å². The van der Waals surface area contributed by atoms with E-state index in [1.54, 1.807) is 0 Å². The summed E-state index contributed by atoms with van der Waals surface area (Å²) < 4.78 is 0. The number of aromatic amines is 1. The predicted octanol–water partition coefficient (Wildman–Crippen LogP) is -0.398. The number of aryl methyl sites for hydroxylation is 1. The summed E-state index contributed by atoms with van der Waals surface area (Å²) in [6, 6.07) is 0. The monoisotopic (exact) mass is 175 g/mol. The van der Waals surface area contributed by atoms with Crippen molar-refractivity contribution >= 4 is 5.95 Å². The Hall–Kier alpha value is -1.86. The second-order valence-electron chi connectivity index (χ2n) is 1.73. The van der Waals surface area contributed by atoms with Crippen LogP contribution in [0.1, 0.15) is 12.7 Å². The van der Waals surface area contributed by atoms with Crippen LogP contribution in [-0.2, 0) is 6.42 Å². The molecule has 1 rings (SSSR count). The number of hydrogen-bond acceptors (Lipinski definition) is 5. The van der Waals surface area contributed by atoms with Crippen molar-refractivity contribution in [1.29, 1.82) is 0 Å². The fourth-order valence-corrected chi connectivity index (χ4v) is 0.468. The van der Waals surface area contributed by atoms with E-state index in [4.69, 9.17) is 21.1 Å². The summed E-state index contributed by atoms with van der Waals surface area (Å²) in [5, 5.41) is 19.9. The van der Waals surface area contributed by atoms with Gasteiger partial charge in [0.15, 0.2) is 0 Å². The summed E-state index contributed by atoms with van der Waals surface area (Å²) in [7, 11) is 0. The van der Waals surface area contributed by atoms with Crippen molar-refractivity contribution < 1.29 is 10.3 Å². The zero-order valence-electron chi connectivity index (χ0n) is 6.39. The Bertz CT molecular complexity index is 243. The summed E-state index contributed by atoms with van der Waals surface area (Å²) in [6.45, 7) is 1.99. The second-order valence-corrected chi connectivity index (χ2v) is 1.73. The number of aromatic nitrogens is 3. The van der Waals surface area contributed by atoms with Gasteiger partial charge in [-0.1, -0.05) is 6.92 Å². The molecule has 4 N–H and O–H groups in total. The maximum Gasteiger partial charge on any atom is 0.291 e. The quantitative estimate of drug-likeness (QED) is 0.393. The molecule has 1 aromatic heterocycles. The number of H-pyrrole nitrogens is 1. The summed E-state index contributed by atoms with van der Waals surface area (Å²) in [5.41, 5.74) is 5.20. The first-order valence-electron chi connectivity index (χ1n) is 3.06. The Labute approximate surface area is 67.5 Å². The van der Waals surface area contributed by atoms with Crippen LogP contribution in [0.2, 0.25) is 0 Å². The van der Waals surface area contributed by atoms with Crippen LogP contribution in [0, 0.1) is 10.1 Å². The Morgan fingerprint density at radius 3 is 2.50 bits per heavy atom. The maximum atomic E-state index is 8.36. The molecular weight excluding hydrogens is 166 g/mol. The fourth-order valence-electron chi connectivity index (χ4n) is 0.468. The lowest BCUT2D eigenvalue weighted by Gasteiger charge is -1.78.